The molecule has 3 aromatic heterocycles. The Balaban J connectivity index is 1.27. The van der Waals surface area contributed by atoms with E-state index < -0.39 is 0 Å². The molecule has 0 aliphatic carbocycles. The number of imidazole rings is 1. The SMILES string of the molecule is C[C@@H]1CN(C2CCN(C(=O)c3nc4c(N5CCOCC5)cc(-c5cnn(C)c5)nc4n3C)CC2)C[C@H](C)O1. The molecule has 3 aliphatic heterocycles. The number of morpholine rings is 2. The quantitative estimate of drug-likeness (QED) is 0.513. The summed E-state index contributed by atoms with van der Waals surface area (Å²) in [5.41, 5.74) is 4.22. The van der Waals surface area contributed by atoms with Crippen molar-refractivity contribution in [2.24, 2.45) is 14.1 Å². The number of nitrogens with zero attached hydrogens (tertiary/aromatic N) is 8. The number of pyridine rings is 1. The van der Waals surface area contributed by atoms with Gasteiger partial charge < -0.3 is 23.8 Å². The summed E-state index contributed by atoms with van der Waals surface area (Å²) in [6, 6.07) is 2.56. The molecule has 0 N–H and O–H groups in total. The normalized spacial score (nSPS) is 23.9. The second-order valence-electron chi connectivity index (χ2n) is 10.9. The van der Waals surface area contributed by atoms with Crippen LogP contribution < -0.4 is 4.90 Å². The summed E-state index contributed by atoms with van der Waals surface area (Å²) in [5.74, 6) is 0.418. The van der Waals surface area contributed by atoms with E-state index in [4.69, 9.17) is 19.4 Å². The van der Waals surface area contributed by atoms with E-state index in [1.807, 2.05) is 36.0 Å². The number of aryl methyl sites for hydroxylation is 2. The first-order chi connectivity index (χ1) is 18.4. The molecule has 6 heterocycles. The van der Waals surface area contributed by atoms with Gasteiger partial charge in [-0.3, -0.25) is 14.4 Å². The lowest BCUT2D eigenvalue weighted by atomic mass is 10.0. The van der Waals surface area contributed by atoms with Crippen LogP contribution in [0.25, 0.3) is 22.4 Å². The summed E-state index contributed by atoms with van der Waals surface area (Å²) < 4.78 is 15.1. The average molecular weight is 523 g/mol. The van der Waals surface area contributed by atoms with E-state index in [0.717, 1.165) is 74.6 Å². The van der Waals surface area contributed by atoms with Crippen LogP contribution in [0.5, 0.6) is 0 Å². The molecule has 3 aromatic rings. The number of hydrogen-bond donors (Lipinski definition) is 0. The molecule has 11 heteroatoms. The largest absolute Gasteiger partial charge is 0.378 e. The third kappa shape index (κ3) is 4.78. The molecule has 0 radical (unpaired) electrons. The minimum Gasteiger partial charge on any atom is -0.378 e. The van der Waals surface area contributed by atoms with Crippen molar-refractivity contribution in [3.8, 4) is 11.3 Å². The number of carbonyl (C=O) groups excluding carboxylic acids is 1. The molecule has 0 bridgehead atoms. The highest BCUT2D eigenvalue weighted by Crippen LogP contribution is 2.32. The predicted octanol–water partition coefficient (Wildman–Crippen LogP) is 1.92. The molecule has 1 amide bonds. The second-order valence-corrected chi connectivity index (χ2v) is 10.9. The number of ether oxygens (including phenoxy) is 2. The van der Waals surface area contributed by atoms with Gasteiger partial charge in [0.15, 0.2) is 5.65 Å². The molecule has 38 heavy (non-hydrogen) atoms. The monoisotopic (exact) mass is 522 g/mol. The second kappa shape index (κ2) is 10.3. The van der Waals surface area contributed by atoms with Gasteiger partial charge in [0.05, 0.1) is 43.0 Å². The highest BCUT2D eigenvalue weighted by atomic mass is 16.5. The third-order valence-corrected chi connectivity index (χ3v) is 8.07. The number of carbonyl (C=O) groups is 1. The maximum absolute atomic E-state index is 13.8. The van der Waals surface area contributed by atoms with E-state index in [9.17, 15) is 4.79 Å². The molecule has 0 unspecified atom stereocenters. The van der Waals surface area contributed by atoms with Gasteiger partial charge in [0.25, 0.3) is 5.91 Å². The van der Waals surface area contributed by atoms with Crippen molar-refractivity contribution in [2.75, 3.05) is 57.4 Å². The Morgan fingerprint density at radius 2 is 1.71 bits per heavy atom. The maximum atomic E-state index is 13.8. The highest BCUT2D eigenvalue weighted by Gasteiger charge is 2.33. The first-order valence-corrected chi connectivity index (χ1v) is 13.8. The predicted molar refractivity (Wildman–Crippen MR) is 144 cm³/mol. The van der Waals surface area contributed by atoms with E-state index in [-0.39, 0.29) is 18.1 Å². The molecule has 6 rings (SSSR count). The van der Waals surface area contributed by atoms with Gasteiger partial charge in [-0.25, -0.2) is 9.97 Å². The van der Waals surface area contributed by atoms with Crippen LogP contribution >= 0.6 is 0 Å². The standard InChI is InChI=1S/C27H38N8O3/c1-18-15-35(16-19(2)38-18)21-5-7-34(8-6-21)27(36)26-30-24-23(33-9-11-37-12-10-33)13-22(29-25(24)32(26)4)20-14-28-31(3)17-20/h13-14,17-19,21H,5-12,15-16H2,1-4H3/t18-,19+. The van der Waals surface area contributed by atoms with Crippen LogP contribution in [0.2, 0.25) is 0 Å². The fourth-order valence-corrected chi connectivity index (χ4v) is 6.16. The van der Waals surface area contributed by atoms with Crippen molar-refractivity contribution >= 4 is 22.8 Å². The molecule has 204 valence electrons. The smallest absolute Gasteiger partial charge is 0.289 e. The molecule has 3 aliphatic rings. The van der Waals surface area contributed by atoms with E-state index in [1.165, 1.54) is 0 Å². The number of anilines is 1. The van der Waals surface area contributed by atoms with Gasteiger partial charge in [-0.1, -0.05) is 0 Å². The summed E-state index contributed by atoms with van der Waals surface area (Å²) in [4.78, 5) is 30.4. The summed E-state index contributed by atoms with van der Waals surface area (Å²) in [6.07, 6.45) is 6.22. The Hall–Kier alpha value is -3.02. The van der Waals surface area contributed by atoms with E-state index >= 15 is 0 Å². The number of amides is 1. The fraction of sp³-hybridized carbons (Fsp3) is 0.630. The van der Waals surface area contributed by atoms with Crippen LogP contribution in [0.1, 0.15) is 37.3 Å². The molecular formula is C27H38N8O3. The Morgan fingerprint density at radius 1 is 1.00 bits per heavy atom. The molecule has 11 nitrogen and oxygen atoms in total. The van der Waals surface area contributed by atoms with Gasteiger partial charge >= 0.3 is 0 Å². The summed E-state index contributed by atoms with van der Waals surface area (Å²) >= 11 is 0. The van der Waals surface area contributed by atoms with Gasteiger partial charge in [0, 0.05) is 71.2 Å². The van der Waals surface area contributed by atoms with Crippen molar-refractivity contribution < 1.29 is 14.3 Å². The number of fused-ring (bicyclic) bond motifs is 1. The highest BCUT2D eigenvalue weighted by molar-refractivity contribution is 5.98. The van der Waals surface area contributed by atoms with E-state index in [0.29, 0.717) is 30.7 Å². The van der Waals surface area contributed by atoms with Crippen molar-refractivity contribution in [3.05, 3.63) is 24.3 Å². The molecular weight excluding hydrogens is 484 g/mol. The first kappa shape index (κ1) is 25.3. The van der Waals surface area contributed by atoms with Crippen molar-refractivity contribution in [1.29, 1.82) is 0 Å². The number of likely N-dealkylation sites (tertiary alicyclic amines) is 1. The lowest BCUT2D eigenvalue weighted by Crippen LogP contribution is -2.53. The van der Waals surface area contributed by atoms with Crippen LogP contribution in [0, 0.1) is 0 Å². The van der Waals surface area contributed by atoms with Crippen LogP contribution in [0.3, 0.4) is 0 Å². The van der Waals surface area contributed by atoms with Crippen LogP contribution in [0.4, 0.5) is 5.69 Å². The summed E-state index contributed by atoms with van der Waals surface area (Å²) in [7, 11) is 3.80. The third-order valence-electron chi connectivity index (χ3n) is 8.07. The van der Waals surface area contributed by atoms with Crippen LogP contribution in [-0.4, -0.2) is 111 Å². The molecule has 0 spiro atoms. The lowest BCUT2D eigenvalue weighted by molar-refractivity contribution is -0.0856. The molecule has 0 aromatic carbocycles. The van der Waals surface area contributed by atoms with Crippen molar-refractivity contribution in [3.63, 3.8) is 0 Å². The summed E-state index contributed by atoms with van der Waals surface area (Å²) in [6.45, 7) is 10.6. The number of hydrogen-bond acceptors (Lipinski definition) is 8. The lowest BCUT2D eigenvalue weighted by Gasteiger charge is -2.43. The molecule has 0 saturated carbocycles. The van der Waals surface area contributed by atoms with Crippen molar-refractivity contribution in [2.45, 2.75) is 44.9 Å². The topological polar surface area (TPSA) is 93.8 Å². The fourth-order valence-electron chi connectivity index (χ4n) is 6.16. The molecule has 3 saturated heterocycles. The van der Waals surface area contributed by atoms with E-state index in [1.54, 1.807) is 4.68 Å². The zero-order chi connectivity index (χ0) is 26.4. The van der Waals surface area contributed by atoms with E-state index in [2.05, 4.69) is 34.8 Å². The first-order valence-electron chi connectivity index (χ1n) is 13.8. The summed E-state index contributed by atoms with van der Waals surface area (Å²) in [5, 5.41) is 4.33. The Labute approximate surface area is 223 Å². The van der Waals surface area contributed by atoms with Crippen molar-refractivity contribution in [1.82, 2.24) is 34.1 Å². The van der Waals surface area contributed by atoms with Gasteiger partial charge in [-0.2, -0.15) is 5.10 Å². The van der Waals surface area contributed by atoms with Gasteiger partial charge in [0.1, 0.15) is 5.52 Å². The number of rotatable bonds is 4. The number of piperidine rings is 1. The number of aromatic nitrogens is 5. The minimum absolute atomic E-state index is 0.0245. The molecule has 2 atom stereocenters. The van der Waals surface area contributed by atoms with Crippen LogP contribution in [0.15, 0.2) is 18.5 Å². The van der Waals surface area contributed by atoms with Gasteiger partial charge in [0.2, 0.25) is 5.82 Å². The Kier molecular flexibility index (Phi) is 6.83. The zero-order valence-electron chi connectivity index (χ0n) is 22.8. The van der Waals surface area contributed by atoms with Crippen LogP contribution in [-0.2, 0) is 23.6 Å². The van der Waals surface area contributed by atoms with Gasteiger partial charge in [-0.15, -0.1) is 0 Å². The minimum atomic E-state index is -0.0245. The Bertz CT molecular complexity index is 1300. The Morgan fingerprint density at radius 3 is 2.37 bits per heavy atom. The maximum Gasteiger partial charge on any atom is 0.289 e. The average Bonchev–Trinajstić information content (AvgIpc) is 3.51. The zero-order valence-corrected chi connectivity index (χ0v) is 22.8. The van der Waals surface area contributed by atoms with Gasteiger partial charge in [-0.05, 0) is 32.8 Å². The molecule has 3 fully saturated rings.